The van der Waals surface area contributed by atoms with Crippen LogP contribution in [0.3, 0.4) is 0 Å². The van der Waals surface area contributed by atoms with E-state index < -0.39 is 5.60 Å². The lowest BCUT2D eigenvalue weighted by Gasteiger charge is -2.63. The summed E-state index contributed by atoms with van der Waals surface area (Å²) in [5.74, 6) is 2.25. The number of aliphatic hydroxyl groups is 1. The molecule has 1 N–H and O–H groups in total. The molecule has 7 heteroatoms. The average Bonchev–Trinajstić information content (AvgIpc) is 3.16. The maximum absolute atomic E-state index is 12.4. The second-order valence-electron chi connectivity index (χ2n) is 12.6. The predicted molar refractivity (Wildman–Crippen MR) is 138 cm³/mol. The fraction of sp³-hybridized carbons (Fsp3) is 0.633. The average molecular weight is 508 g/mol. The highest BCUT2D eigenvalue weighted by molar-refractivity contribution is 5.36. The van der Waals surface area contributed by atoms with Gasteiger partial charge in [0.05, 0.1) is 22.9 Å². The van der Waals surface area contributed by atoms with Gasteiger partial charge < -0.3 is 14.3 Å². The first-order valence-corrected chi connectivity index (χ1v) is 13.9. The van der Waals surface area contributed by atoms with Crippen LogP contribution in [0.25, 0.3) is 0 Å². The van der Waals surface area contributed by atoms with Gasteiger partial charge in [0, 0.05) is 23.6 Å². The maximum Gasteiger partial charge on any atom is 0.335 e. The largest absolute Gasteiger partial charge is 0.490 e. The number of benzene rings is 1. The molecule has 4 aliphatic carbocycles. The number of fused-ring (bicyclic) bond motifs is 5. The van der Waals surface area contributed by atoms with E-state index in [4.69, 9.17) is 9.15 Å². The van der Waals surface area contributed by atoms with Gasteiger partial charge in [0.15, 0.2) is 0 Å². The molecular formula is C30H37NO6. The van der Waals surface area contributed by atoms with Crippen molar-refractivity contribution in [2.45, 2.75) is 89.3 Å². The summed E-state index contributed by atoms with van der Waals surface area (Å²) >= 11 is 0. The Morgan fingerprint density at radius 3 is 2.46 bits per heavy atom. The fourth-order valence-electron chi connectivity index (χ4n) is 9.23. The summed E-state index contributed by atoms with van der Waals surface area (Å²) in [5.41, 5.74) is 0.0673. The van der Waals surface area contributed by atoms with E-state index in [0.29, 0.717) is 23.5 Å². The normalized spacial score (nSPS) is 40.8. The standard InChI is InChI=1S/C30H37NO6/c1-28-14-11-23(37-22-7-5-21(6-8-22)31(34)35)17-20(28)4-9-26-25(28)12-15-29(2)24(13-16-30(26,29)33)19-3-10-27(32)36-18-19/h3,5-8,10,18,20,23-26,33H,4,9,11-17H2,1-2H3. The summed E-state index contributed by atoms with van der Waals surface area (Å²) < 4.78 is 11.5. The van der Waals surface area contributed by atoms with Crippen molar-refractivity contribution in [3.8, 4) is 5.75 Å². The Balaban J connectivity index is 1.18. The zero-order valence-corrected chi connectivity index (χ0v) is 21.7. The highest BCUT2D eigenvalue weighted by atomic mass is 16.6. The summed E-state index contributed by atoms with van der Waals surface area (Å²) in [4.78, 5) is 22.1. The minimum atomic E-state index is -0.698. The van der Waals surface area contributed by atoms with Crippen molar-refractivity contribution in [2.75, 3.05) is 0 Å². The topological polar surface area (TPSA) is 103 Å². The molecule has 8 atom stereocenters. The molecule has 0 spiro atoms. The molecule has 0 aliphatic heterocycles. The molecule has 37 heavy (non-hydrogen) atoms. The van der Waals surface area contributed by atoms with Crippen LogP contribution in [-0.4, -0.2) is 21.7 Å². The number of rotatable bonds is 4. The number of hydrogen-bond donors (Lipinski definition) is 1. The van der Waals surface area contributed by atoms with E-state index in [0.717, 1.165) is 63.4 Å². The Bertz CT molecular complexity index is 1220. The van der Waals surface area contributed by atoms with Gasteiger partial charge >= 0.3 is 5.63 Å². The minimum Gasteiger partial charge on any atom is -0.490 e. The van der Waals surface area contributed by atoms with Crippen LogP contribution in [0.2, 0.25) is 0 Å². The van der Waals surface area contributed by atoms with E-state index in [2.05, 4.69) is 13.8 Å². The molecule has 1 aromatic heterocycles. The van der Waals surface area contributed by atoms with Gasteiger partial charge in [-0.25, -0.2) is 4.79 Å². The van der Waals surface area contributed by atoms with E-state index >= 15 is 0 Å². The number of hydrogen-bond acceptors (Lipinski definition) is 6. The third-order valence-corrected chi connectivity index (χ3v) is 11.3. The van der Waals surface area contributed by atoms with Crippen molar-refractivity contribution >= 4 is 5.69 Å². The zero-order chi connectivity index (χ0) is 26.0. The first-order valence-electron chi connectivity index (χ1n) is 13.9. The Hall–Kier alpha value is -2.67. The van der Waals surface area contributed by atoms with Gasteiger partial charge in [0.25, 0.3) is 5.69 Å². The highest BCUT2D eigenvalue weighted by Gasteiger charge is 2.67. The Morgan fingerprint density at radius 2 is 1.76 bits per heavy atom. The van der Waals surface area contributed by atoms with Gasteiger partial charge in [-0.05, 0) is 111 Å². The molecule has 2 aromatic rings. The molecule has 6 rings (SSSR count). The van der Waals surface area contributed by atoms with Gasteiger partial charge in [0.2, 0.25) is 0 Å². The number of ether oxygens (including phenoxy) is 1. The van der Waals surface area contributed by atoms with Crippen LogP contribution < -0.4 is 10.4 Å². The van der Waals surface area contributed by atoms with Crippen molar-refractivity contribution in [1.29, 1.82) is 0 Å². The number of non-ortho nitro benzene ring substituents is 1. The molecule has 0 saturated heterocycles. The quantitative estimate of drug-likeness (QED) is 0.388. The molecule has 4 saturated carbocycles. The van der Waals surface area contributed by atoms with Crippen LogP contribution >= 0.6 is 0 Å². The summed E-state index contributed by atoms with van der Waals surface area (Å²) in [6.45, 7) is 4.73. The van der Waals surface area contributed by atoms with E-state index in [1.165, 1.54) is 18.2 Å². The smallest absolute Gasteiger partial charge is 0.335 e. The number of nitro benzene ring substituents is 1. The summed E-state index contributed by atoms with van der Waals surface area (Å²) in [6, 6.07) is 9.81. The van der Waals surface area contributed by atoms with Gasteiger partial charge in [-0.1, -0.05) is 13.8 Å². The molecule has 1 heterocycles. The van der Waals surface area contributed by atoms with Crippen LogP contribution in [0.4, 0.5) is 5.69 Å². The molecular weight excluding hydrogens is 470 g/mol. The lowest BCUT2D eigenvalue weighted by atomic mass is 9.43. The van der Waals surface area contributed by atoms with Crippen LogP contribution in [-0.2, 0) is 0 Å². The maximum atomic E-state index is 12.4. The first kappa shape index (κ1) is 24.7. The van der Waals surface area contributed by atoms with Gasteiger partial charge in [-0.15, -0.1) is 0 Å². The molecule has 0 amide bonds. The van der Waals surface area contributed by atoms with Gasteiger partial charge in [-0.3, -0.25) is 10.1 Å². The SMILES string of the molecule is CC12CCC(Oc3ccc([N+](=O)[O-])cc3)CC1CCC1C2CCC2(C)C(c3ccc(=O)oc3)CCC12O. The number of nitro groups is 1. The third kappa shape index (κ3) is 3.76. The summed E-state index contributed by atoms with van der Waals surface area (Å²) in [7, 11) is 0. The fourth-order valence-corrected chi connectivity index (χ4v) is 9.23. The molecule has 0 radical (unpaired) electrons. The molecule has 4 aliphatic rings. The summed E-state index contributed by atoms with van der Waals surface area (Å²) in [6.07, 6.45) is 10.8. The Morgan fingerprint density at radius 1 is 0.973 bits per heavy atom. The van der Waals surface area contributed by atoms with Crippen molar-refractivity contribution in [2.24, 2.45) is 28.6 Å². The minimum absolute atomic E-state index is 0.0788. The second kappa shape index (κ2) is 8.69. The van der Waals surface area contributed by atoms with Crippen LogP contribution in [0.5, 0.6) is 5.75 Å². The van der Waals surface area contributed by atoms with Gasteiger partial charge in [-0.2, -0.15) is 0 Å². The molecule has 4 fully saturated rings. The van der Waals surface area contributed by atoms with E-state index in [9.17, 15) is 20.0 Å². The lowest BCUT2D eigenvalue weighted by Crippen LogP contribution is -2.62. The molecule has 0 bridgehead atoms. The van der Waals surface area contributed by atoms with Crippen LogP contribution in [0, 0.1) is 38.7 Å². The Labute approximate surface area is 217 Å². The van der Waals surface area contributed by atoms with Gasteiger partial charge in [0.1, 0.15) is 5.75 Å². The van der Waals surface area contributed by atoms with E-state index in [1.807, 2.05) is 6.07 Å². The first-order chi connectivity index (χ1) is 17.6. The predicted octanol–water partition coefficient (Wildman–Crippen LogP) is 6.24. The monoisotopic (exact) mass is 507 g/mol. The molecule has 198 valence electrons. The molecule has 1 aromatic carbocycles. The highest BCUT2D eigenvalue weighted by Crippen LogP contribution is 2.70. The van der Waals surface area contributed by atoms with Crippen molar-refractivity contribution in [3.05, 3.63) is 68.8 Å². The number of nitrogens with zero attached hydrogens (tertiary/aromatic N) is 1. The molecule has 7 nitrogen and oxygen atoms in total. The third-order valence-electron chi connectivity index (χ3n) is 11.3. The van der Waals surface area contributed by atoms with Crippen LogP contribution in [0.15, 0.2) is 51.9 Å². The van der Waals surface area contributed by atoms with Crippen molar-refractivity contribution < 1.29 is 19.2 Å². The summed E-state index contributed by atoms with van der Waals surface area (Å²) in [5, 5.41) is 23.4. The second-order valence-corrected chi connectivity index (χ2v) is 12.6. The van der Waals surface area contributed by atoms with Crippen LogP contribution in [0.1, 0.15) is 83.1 Å². The Kier molecular flexibility index (Phi) is 5.79. The van der Waals surface area contributed by atoms with E-state index in [1.54, 1.807) is 18.4 Å². The molecule has 8 unspecified atom stereocenters. The van der Waals surface area contributed by atoms with E-state index in [-0.39, 0.29) is 39.1 Å². The lowest BCUT2D eigenvalue weighted by molar-refractivity contribution is -0.384. The van der Waals surface area contributed by atoms with Crippen molar-refractivity contribution in [1.82, 2.24) is 0 Å². The van der Waals surface area contributed by atoms with Crippen molar-refractivity contribution in [3.63, 3.8) is 0 Å². The zero-order valence-electron chi connectivity index (χ0n) is 21.7.